The Hall–Kier alpha value is -2.14. The zero-order chi connectivity index (χ0) is 29.4. The van der Waals surface area contributed by atoms with Gasteiger partial charge in [0.2, 0.25) is 20.0 Å². The molecule has 10 heteroatoms. The van der Waals surface area contributed by atoms with Gasteiger partial charge in [-0.3, -0.25) is 0 Å². The molecule has 1 aliphatic heterocycles. The standard InChI is InChI=1S/C29H44N2O6S2/c1-10-36-26-14-12-22(18-24(26)28(4,5)6)38(32,33)30-16-17-31(21(3)20-30)39(34,35)23-13-15-27(37-11-2)25(19-23)29(7,8)9/h12-15,18-19,21H,10-11,16-17,20H2,1-9H3. The summed E-state index contributed by atoms with van der Waals surface area (Å²) in [6.07, 6.45) is 0. The lowest BCUT2D eigenvalue weighted by atomic mass is 9.86. The van der Waals surface area contributed by atoms with Crippen LogP contribution in [0.5, 0.6) is 11.5 Å². The fourth-order valence-corrected chi connectivity index (χ4v) is 8.02. The van der Waals surface area contributed by atoms with Crippen LogP contribution in [0, 0.1) is 0 Å². The minimum Gasteiger partial charge on any atom is -0.494 e. The summed E-state index contributed by atoms with van der Waals surface area (Å²) in [7, 11) is -7.70. The zero-order valence-electron chi connectivity index (χ0n) is 24.7. The van der Waals surface area contributed by atoms with Crippen molar-refractivity contribution in [3.63, 3.8) is 0 Å². The second-order valence-electron chi connectivity index (χ2n) is 12.0. The van der Waals surface area contributed by atoms with E-state index in [4.69, 9.17) is 9.47 Å². The Kier molecular flexibility index (Phi) is 9.17. The number of piperazine rings is 1. The number of ether oxygens (including phenoxy) is 2. The molecule has 0 bridgehead atoms. The van der Waals surface area contributed by atoms with Crippen molar-refractivity contribution in [2.45, 2.75) is 89.0 Å². The molecule has 0 amide bonds. The Balaban J connectivity index is 1.90. The number of hydrogen-bond donors (Lipinski definition) is 0. The van der Waals surface area contributed by atoms with Crippen LogP contribution in [0.2, 0.25) is 0 Å². The van der Waals surface area contributed by atoms with Gasteiger partial charge < -0.3 is 9.47 Å². The molecular weight excluding hydrogens is 536 g/mol. The maximum atomic E-state index is 13.7. The molecule has 1 heterocycles. The van der Waals surface area contributed by atoms with Crippen molar-refractivity contribution in [3.05, 3.63) is 47.5 Å². The van der Waals surface area contributed by atoms with Crippen LogP contribution in [0.25, 0.3) is 0 Å². The maximum absolute atomic E-state index is 13.7. The monoisotopic (exact) mass is 580 g/mol. The summed E-state index contributed by atoms with van der Waals surface area (Å²) in [5.74, 6) is 1.33. The molecule has 0 spiro atoms. The molecule has 3 rings (SSSR count). The highest BCUT2D eigenvalue weighted by Gasteiger charge is 2.39. The maximum Gasteiger partial charge on any atom is 0.243 e. The van der Waals surface area contributed by atoms with Crippen LogP contribution in [0.3, 0.4) is 0 Å². The first-order chi connectivity index (χ1) is 17.9. The molecule has 0 aromatic heterocycles. The summed E-state index contributed by atoms with van der Waals surface area (Å²) in [5, 5.41) is 0. The van der Waals surface area contributed by atoms with Crippen molar-refractivity contribution in [3.8, 4) is 11.5 Å². The van der Waals surface area contributed by atoms with Gasteiger partial charge in [-0.2, -0.15) is 8.61 Å². The van der Waals surface area contributed by atoms with Gasteiger partial charge in [-0.05, 0) is 68.0 Å². The van der Waals surface area contributed by atoms with Crippen molar-refractivity contribution in [1.29, 1.82) is 0 Å². The normalized spacial score (nSPS) is 18.2. The van der Waals surface area contributed by atoms with E-state index < -0.39 is 26.1 Å². The summed E-state index contributed by atoms with van der Waals surface area (Å²) in [6, 6.07) is 9.37. The number of sulfonamides is 2. The van der Waals surface area contributed by atoms with Gasteiger partial charge in [0, 0.05) is 36.8 Å². The number of nitrogens with zero attached hydrogens (tertiary/aromatic N) is 2. The minimum absolute atomic E-state index is 0.0583. The summed E-state index contributed by atoms with van der Waals surface area (Å²) in [5.41, 5.74) is 0.979. The Morgan fingerprint density at radius 1 is 0.744 bits per heavy atom. The Bertz CT molecular complexity index is 1390. The molecule has 1 aliphatic rings. The number of benzene rings is 2. The third kappa shape index (κ3) is 6.61. The predicted octanol–water partition coefficient (Wildman–Crippen LogP) is 5.16. The lowest BCUT2D eigenvalue weighted by Crippen LogP contribution is -2.55. The van der Waals surface area contributed by atoms with Gasteiger partial charge in [0.25, 0.3) is 0 Å². The van der Waals surface area contributed by atoms with Gasteiger partial charge in [-0.25, -0.2) is 16.8 Å². The second-order valence-corrected chi connectivity index (χ2v) is 15.8. The molecule has 39 heavy (non-hydrogen) atoms. The molecule has 1 atom stereocenters. The van der Waals surface area contributed by atoms with E-state index in [0.29, 0.717) is 24.7 Å². The first kappa shape index (κ1) is 31.4. The summed E-state index contributed by atoms with van der Waals surface area (Å²) in [4.78, 5) is 0.362. The average Bonchev–Trinajstić information content (AvgIpc) is 2.83. The van der Waals surface area contributed by atoms with Crippen molar-refractivity contribution >= 4 is 20.0 Å². The predicted molar refractivity (Wildman–Crippen MR) is 155 cm³/mol. The Morgan fingerprint density at radius 2 is 1.18 bits per heavy atom. The molecule has 0 saturated carbocycles. The van der Waals surface area contributed by atoms with Crippen LogP contribution in [-0.2, 0) is 30.9 Å². The van der Waals surface area contributed by atoms with Crippen molar-refractivity contribution in [2.75, 3.05) is 32.8 Å². The lowest BCUT2D eigenvalue weighted by molar-refractivity contribution is 0.212. The van der Waals surface area contributed by atoms with Crippen LogP contribution in [-0.4, -0.2) is 64.3 Å². The smallest absolute Gasteiger partial charge is 0.243 e. The number of rotatable bonds is 8. The fraction of sp³-hybridized carbons (Fsp3) is 0.586. The van der Waals surface area contributed by atoms with Gasteiger partial charge in [0.1, 0.15) is 11.5 Å². The van der Waals surface area contributed by atoms with E-state index in [2.05, 4.69) is 0 Å². The number of hydrogen-bond acceptors (Lipinski definition) is 6. The Labute approximate surface area is 235 Å². The Morgan fingerprint density at radius 3 is 1.56 bits per heavy atom. The van der Waals surface area contributed by atoms with E-state index in [1.807, 2.05) is 55.4 Å². The summed E-state index contributed by atoms with van der Waals surface area (Å²) >= 11 is 0. The van der Waals surface area contributed by atoms with E-state index in [9.17, 15) is 16.8 Å². The summed E-state index contributed by atoms with van der Waals surface area (Å²) < 4.78 is 69.1. The van der Waals surface area contributed by atoms with E-state index >= 15 is 0 Å². The first-order valence-electron chi connectivity index (χ1n) is 13.5. The second kappa shape index (κ2) is 11.4. The van der Waals surface area contributed by atoms with Crippen molar-refractivity contribution in [1.82, 2.24) is 8.61 Å². The van der Waals surface area contributed by atoms with Crippen LogP contribution in [0.1, 0.15) is 73.4 Å². The SMILES string of the molecule is CCOc1ccc(S(=O)(=O)N2CCN(S(=O)(=O)c3ccc(OCC)c(C(C)(C)C)c3)C(C)C2)cc1C(C)(C)C. The third-order valence-corrected chi connectivity index (χ3v) is 10.8. The molecule has 0 aliphatic carbocycles. The molecular formula is C29H44N2O6S2. The van der Waals surface area contributed by atoms with Gasteiger partial charge in [0.05, 0.1) is 23.0 Å². The van der Waals surface area contributed by atoms with Crippen molar-refractivity contribution in [2.24, 2.45) is 0 Å². The molecule has 1 fully saturated rings. The van der Waals surface area contributed by atoms with Crippen molar-refractivity contribution < 1.29 is 26.3 Å². The first-order valence-corrected chi connectivity index (χ1v) is 16.4. The topological polar surface area (TPSA) is 93.2 Å². The van der Waals surface area contributed by atoms with E-state index in [1.165, 1.54) is 8.61 Å². The summed E-state index contributed by atoms with van der Waals surface area (Å²) in [6.45, 7) is 18.8. The van der Waals surface area contributed by atoms with E-state index in [1.54, 1.807) is 43.3 Å². The van der Waals surface area contributed by atoms with E-state index in [-0.39, 0.29) is 40.3 Å². The molecule has 1 saturated heterocycles. The average molecular weight is 581 g/mol. The molecule has 8 nitrogen and oxygen atoms in total. The van der Waals surface area contributed by atoms with Crippen LogP contribution >= 0.6 is 0 Å². The van der Waals surface area contributed by atoms with Crippen LogP contribution in [0.15, 0.2) is 46.2 Å². The minimum atomic E-state index is -3.86. The largest absolute Gasteiger partial charge is 0.494 e. The van der Waals surface area contributed by atoms with Gasteiger partial charge in [-0.15, -0.1) is 0 Å². The molecule has 0 N–H and O–H groups in total. The molecule has 218 valence electrons. The highest BCUT2D eigenvalue weighted by Crippen LogP contribution is 2.36. The quantitative estimate of drug-likeness (QED) is 0.428. The zero-order valence-corrected chi connectivity index (χ0v) is 26.4. The third-order valence-electron chi connectivity index (χ3n) is 6.89. The van der Waals surface area contributed by atoms with E-state index in [0.717, 1.165) is 11.1 Å². The highest BCUT2D eigenvalue weighted by molar-refractivity contribution is 7.89. The lowest BCUT2D eigenvalue weighted by Gasteiger charge is -2.38. The van der Waals surface area contributed by atoms with Gasteiger partial charge in [-0.1, -0.05) is 41.5 Å². The highest BCUT2D eigenvalue weighted by atomic mass is 32.2. The van der Waals surface area contributed by atoms with Gasteiger partial charge in [0.15, 0.2) is 0 Å². The molecule has 1 unspecified atom stereocenters. The van der Waals surface area contributed by atoms with Crippen LogP contribution < -0.4 is 9.47 Å². The van der Waals surface area contributed by atoms with Gasteiger partial charge >= 0.3 is 0 Å². The molecule has 0 radical (unpaired) electrons. The molecule has 2 aromatic rings. The molecule has 2 aromatic carbocycles. The fourth-order valence-electron chi connectivity index (χ4n) is 4.84. The van der Waals surface area contributed by atoms with Crippen LogP contribution in [0.4, 0.5) is 0 Å².